The van der Waals surface area contributed by atoms with E-state index in [1.807, 2.05) is 0 Å². The van der Waals surface area contributed by atoms with Gasteiger partial charge in [-0.15, -0.1) is 0 Å². The van der Waals surface area contributed by atoms with E-state index < -0.39 is 0 Å². The summed E-state index contributed by atoms with van der Waals surface area (Å²) in [5, 5.41) is 0.594. The molecule has 0 bridgehead atoms. The maximum Gasteiger partial charge on any atom is 0.196 e. The summed E-state index contributed by atoms with van der Waals surface area (Å²) < 4.78 is 4.67. The van der Waals surface area contributed by atoms with Gasteiger partial charge in [0.1, 0.15) is 12.1 Å². The average molecular weight is 211 g/mol. The Balaban J connectivity index is 2.19. The van der Waals surface area contributed by atoms with Crippen LogP contribution in [0.2, 0.25) is 0 Å². The van der Waals surface area contributed by atoms with Crippen LogP contribution < -0.4 is 5.73 Å². The topological polar surface area (TPSA) is 77.6 Å². The molecule has 0 fully saturated rings. The fraction of sp³-hybridized carbons (Fsp3) is 0. The number of nitrogens with two attached hydrogens (primary N) is 1. The third-order valence-electron chi connectivity index (χ3n) is 1.17. The van der Waals surface area contributed by atoms with Crippen molar-refractivity contribution >= 4 is 29.1 Å². The Hall–Kier alpha value is -1.21. The van der Waals surface area contributed by atoms with Gasteiger partial charge in [-0.25, -0.2) is 15.0 Å². The fourth-order valence-electron chi connectivity index (χ4n) is 0.689. The highest BCUT2D eigenvalue weighted by molar-refractivity contribution is 8.00. The van der Waals surface area contributed by atoms with Crippen molar-refractivity contribution in [2.45, 2.75) is 9.50 Å². The average Bonchev–Trinajstić information content (AvgIpc) is 2.57. The van der Waals surface area contributed by atoms with Gasteiger partial charge in [0.15, 0.2) is 9.50 Å². The maximum atomic E-state index is 5.49. The van der Waals surface area contributed by atoms with Gasteiger partial charge in [-0.05, 0) is 29.4 Å². The van der Waals surface area contributed by atoms with Crippen molar-refractivity contribution in [2.75, 3.05) is 5.73 Å². The summed E-state index contributed by atoms with van der Waals surface area (Å²) in [6.45, 7) is 0. The summed E-state index contributed by atoms with van der Waals surface area (Å²) in [5.41, 5.74) is 5.49. The highest BCUT2D eigenvalue weighted by atomic mass is 32.2. The Morgan fingerprint density at radius 3 is 3.00 bits per heavy atom. The highest BCUT2D eigenvalue weighted by Crippen LogP contribution is 2.24. The Kier molecular flexibility index (Phi) is 2.37. The highest BCUT2D eigenvalue weighted by Gasteiger charge is 2.02. The molecular formula is C6H5N5S2. The molecule has 0 unspecified atom stereocenters. The van der Waals surface area contributed by atoms with Crippen molar-refractivity contribution in [1.82, 2.24) is 19.3 Å². The van der Waals surface area contributed by atoms with Gasteiger partial charge >= 0.3 is 0 Å². The van der Waals surface area contributed by atoms with E-state index in [4.69, 9.17) is 5.73 Å². The second kappa shape index (κ2) is 3.67. The molecule has 2 aromatic rings. The van der Waals surface area contributed by atoms with Crippen LogP contribution >= 0.6 is 23.3 Å². The van der Waals surface area contributed by atoms with Gasteiger partial charge in [0.2, 0.25) is 0 Å². The summed E-state index contributed by atoms with van der Waals surface area (Å²) in [7, 11) is 0. The van der Waals surface area contributed by atoms with Crippen LogP contribution in [0.1, 0.15) is 0 Å². The van der Waals surface area contributed by atoms with Gasteiger partial charge < -0.3 is 5.73 Å². The molecule has 0 saturated heterocycles. The van der Waals surface area contributed by atoms with Crippen LogP contribution in [0.15, 0.2) is 28.1 Å². The first-order chi connectivity index (χ1) is 6.34. The third kappa shape index (κ3) is 2.13. The number of hydrogen-bond donors (Lipinski definition) is 1. The van der Waals surface area contributed by atoms with Gasteiger partial charge in [-0.1, -0.05) is 0 Å². The molecule has 0 amide bonds. The molecule has 0 atom stereocenters. The Labute approximate surface area is 82.6 Å². The van der Waals surface area contributed by atoms with Crippen molar-refractivity contribution in [3.8, 4) is 0 Å². The molecule has 2 N–H and O–H groups in total. The normalized spacial score (nSPS) is 10.2. The number of nitrogens with zero attached hydrogens (tertiary/aromatic N) is 4. The Morgan fingerprint density at radius 2 is 2.31 bits per heavy atom. The molecular weight excluding hydrogens is 206 g/mol. The lowest BCUT2D eigenvalue weighted by atomic mass is 10.6. The molecule has 5 nitrogen and oxygen atoms in total. The second-order valence-corrected chi connectivity index (χ2v) is 4.07. The Bertz CT molecular complexity index is 388. The van der Waals surface area contributed by atoms with Crippen LogP contribution in [0.25, 0.3) is 0 Å². The van der Waals surface area contributed by atoms with Crippen LogP contribution in [-0.4, -0.2) is 19.3 Å². The monoisotopic (exact) mass is 211 g/mol. The zero-order valence-electron chi connectivity index (χ0n) is 6.41. The zero-order valence-corrected chi connectivity index (χ0v) is 8.05. The van der Waals surface area contributed by atoms with Gasteiger partial charge in [-0.3, -0.25) is 0 Å². The van der Waals surface area contributed by atoms with E-state index >= 15 is 0 Å². The molecule has 0 aliphatic heterocycles. The van der Waals surface area contributed by atoms with Crippen LogP contribution in [0.4, 0.5) is 5.82 Å². The summed E-state index contributed by atoms with van der Waals surface area (Å²) in [5.74, 6) is 0.460. The SMILES string of the molecule is Nc1ccnc(Sc2ncns2)n1. The molecule has 0 saturated carbocycles. The summed E-state index contributed by atoms with van der Waals surface area (Å²) >= 11 is 2.66. The van der Waals surface area contributed by atoms with Crippen molar-refractivity contribution in [3.63, 3.8) is 0 Å². The molecule has 0 radical (unpaired) electrons. The first kappa shape index (κ1) is 8.39. The molecule has 0 aliphatic rings. The zero-order chi connectivity index (χ0) is 9.10. The molecule has 0 aliphatic carbocycles. The van der Waals surface area contributed by atoms with E-state index in [1.54, 1.807) is 12.3 Å². The van der Waals surface area contributed by atoms with Gasteiger partial charge in [0.25, 0.3) is 0 Å². The third-order valence-corrected chi connectivity index (χ3v) is 2.77. The molecule has 2 heterocycles. The lowest BCUT2D eigenvalue weighted by molar-refractivity contribution is 0.974. The summed E-state index contributed by atoms with van der Waals surface area (Å²) in [4.78, 5) is 12.0. The lowest BCUT2D eigenvalue weighted by Crippen LogP contribution is -1.92. The molecule has 66 valence electrons. The van der Waals surface area contributed by atoms with Crippen LogP contribution in [-0.2, 0) is 0 Å². The maximum absolute atomic E-state index is 5.49. The van der Waals surface area contributed by atoms with Gasteiger partial charge in [0, 0.05) is 6.20 Å². The first-order valence-electron chi connectivity index (χ1n) is 3.37. The minimum absolute atomic E-state index is 0.460. The van der Waals surface area contributed by atoms with Crippen LogP contribution in [0, 0.1) is 0 Å². The van der Waals surface area contributed by atoms with E-state index in [0.717, 1.165) is 4.34 Å². The predicted molar refractivity (Wildman–Crippen MR) is 50.5 cm³/mol. The van der Waals surface area contributed by atoms with Gasteiger partial charge in [-0.2, -0.15) is 4.37 Å². The molecule has 13 heavy (non-hydrogen) atoms. The lowest BCUT2D eigenvalue weighted by Gasteiger charge is -1.95. The second-order valence-electron chi connectivity index (χ2n) is 2.07. The first-order valence-corrected chi connectivity index (χ1v) is 4.96. The summed E-state index contributed by atoms with van der Waals surface area (Å²) in [6, 6.07) is 1.64. The smallest absolute Gasteiger partial charge is 0.196 e. The number of nitrogen functional groups attached to an aromatic ring is 1. The molecule has 7 heteroatoms. The molecule has 2 rings (SSSR count). The fourth-order valence-corrected chi connectivity index (χ4v) is 1.99. The van der Waals surface area contributed by atoms with E-state index in [9.17, 15) is 0 Å². The largest absolute Gasteiger partial charge is 0.384 e. The van der Waals surface area contributed by atoms with E-state index in [-0.39, 0.29) is 0 Å². The van der Waals surface area contributed by atoms with Crippen molar-refractivity contribution < 1.29 is 0 Å². The standard InChI is InChI=1S/C6H5N5S2/c7-4-1-2-8-5(11-4)12-6-9-3-10-13-6/h1-3H,(H2,7,8,11). The minimum Gasteiger partial charge on any atom is -0.384 e. The number of anilines is 1. The van der Waals surface area contributed by atoms with Gasteiger partial charge in [0.05, 0.1) is 0 Å². The number of rotatable bonds is 2. The molecule has 0 aromatic carbocycles. The Morgan fingerprint density at radius 1 is 1.38 bits per heavy atom. The minimum atomic E-state index is 0.460. The van der Waals surface area contributed by atoms with Crippen molar-refractivity contribution in [2.24, 2.45) is 0 Å². The van der Waals surface area contributed by atoms with Crippen molar-refractivity contribution in [3.05, 3.63) is 18.6 Å². The van der Waals surface area contributed by atoms with E-state index in [1.165, 1.54) is 29.6 Å². The van der Waals surface area contributed by atoms with Crippen LogP contribution in [0.5, 0.6) is 0 Å². The quantitative estimate of drug-likeness (QED) is 0.748. The van der Waals surface area contributed by atoms with Crippen LogP contribution in [0.3, 0.4) is 0 Å². The number of aromatic nitrogens is 4. The number of hydrogen-bond acceptors (Lipinski definition) is 7. The van der Waals surface area contributed by atoms with E-state index in [0.29, 0.717) is 11.0 Å². The molecule has 0 spiro atoms. The molecule has 2 aromatic heterocycles. The predicted octanol–water partition coefficient (Wildman–Crippen LogP) is 1.06. The van der Waals surface area contributed by atoms with E-state index in [2.05, 4.69) is 19.3 Å². The van der Waals surface area contributed by atoms with Crippen molar-refractivity contribution in [1.29, 1.82) is 0 Å². The summed E-state index contributed by atoms with van der Waals surface area (Å²) in [6.07, 6.45) is 3.12.